The minimum Gasteiger partial charge on any atom is -0.384 e. The molecule has 0 bridgehead atoms. The van der Waals surface area contributed by atoms with Gasteiger partial charge in [-0.25, -0.2) is 0 Å². The van der Waals surface area contributed by atoms with Gasteiger partial charge in [-0.2, -0.15) is 0 Å². The number of aryl methyl sites for hydroxylation is 1. The van der Waals surface area contributed by atoms with E-state index >= 15 is 0 Å². The van der Waals surface area contributed by atoms with Gasteiger partial charge in [-0.05, 0) is 42.8 Å². The van der Waals surface area contributed by atoms with Crippen LogP contribution in [0.4, 0.5) is 0 Å². The number of benzene rings is 1. The van der Waals surface area contributed by atoms with Gasteiger partial charge in [0.2, 0.25) is 0 Å². The van der Waals surface area contributed by atoms with Gasteiger partial charge in [0.25, 0.3) is 0 Å². The summed E-state index contributed by atoms with van der Waals surface area (Å²) in [4.78, 5) is 0.935. The van der Waals surface area contributed by atoms with Crippen molar-refractivity contribution in [2.24, 2.45) is 5.73 Å². The molecule has 21 heavy (non-hydrogen) atoms. The van der Waals surface area contributed by atoms with E-state index in [4.69, 9.17) is 11.1 Å². The van der Waals surface area contributed by atoms with Crippen LogP contribution >= 0.6 is 27.7 Å². The van der Waals surface area contributed by atoms with E-state index in [1.165, 1.54) is 31.0 Å². The molecule has 0 fully saturated rings. The first-order chi connectivity index (χ1) is 10.1. The lowest BCUT2D eigenvalue weighted by Crippen LogP contribution is -2.12. The molecule has 0 amide bonds. The summed E-state index contributed by atoms with van der Waals surface area (Å²) in [5, 5.41) is 17.2. The third-order valence-electron chi connectivity index (χ3n) is 3.51. The predicted octanol–water partition coefficient (Wildman–Crippen LogP) is 3.20. The summed E-state index contributed by atoms with van der Waals surface area (Å²) >= 11 is 4.95. The largest absolute Gasteiger partial charge is 0.384 e. The maximum Gasteiger partial charge on any atom is 0.196 e. The molecule has 0 unspecified atom stereocenters. The average Bonchev–Trinajstić information content (AvgIpc) is 2.69. The Bertz CT molecular complexity index is 682. The molecule has 3 rings (SSSR count). The highest BCUT2D eigenvalue weighted by Gasteiger charge is 2.17. The molecule has 1 aliphatic rings. The van der Waals surface area contributed by atoms with Gasteiger partial charge in [0, 0.05) is 27.9 Å². The molecule has 0 saturated heterocycles. The zero-order valence-corrected chi connectivity index (χ0v) is 13.9. The third kappa shape index (κ3) is 3.13. The minimum atomic E-state index is 0.0643. The Balaban J connectivity index is 1.94. The van der Waals surface area contributed by atoms with E-state index in [2.05, 4.69) is 30.7 Å². The topological polar surface area (TPSA) is 80.6 Å². The van der Waals surface area contributed by atoms with Crippen LogP contribution in [0.15, 0.2) is 32.7 Å². The van der Waals surface area contributed by atoms with Crippen molar-refractivity contribution in [1.82, 2.24) is 14.8 Å². The molecule has 2 aromatic rings. The molecular formula is C14H16BrN5S. The first kappa shape index (κ1) is 14.6. The van der Waals surface area contributed by atoms with Crippen LogP contribution < -0.4 is 5.73 Å². The van der Waals surface area contributed by atoms with Gasteiger partial charge in [0.15, 0.2) is 5.16 Å². The summed E-state index contributed by atoms with van der Waals surface area (Å²) in [7, 11) is 0. The number of hydrogen-bond acceptors (Lipinski definition) is 4. The Morgan fingerprint density at radius 2 is 2.14 bits per heavy atom. The number of nitrogen functional groups attached to an aromatic ring is 1. The van der Waals surface area contributed by atoms with Crippen LogP contribution in [0.1, 0.15) is 30.7 Å². The highest BCUT2D eigenvalue weighted by molar-refractivity contribution is 9.10. The molecule has 110 valence electrons. The van der Waals surface area contributed by atoms with E-state index in [0.717, 1.165) is 38.9 Å². The monoisotopic (exact) mass is 365 g/mol. The highest BCUT2D eigenvalue weighted by Crippen LogP contribution is 2.32. The molecule has 2 heterocycles. The van der Waals surface area contributed by atoms with E-state index in [1.807, 2.05) is 18.2 Å². The Hall–Kier alpha value is -1.34. The summed E-state index contributed by atoms with van der Waals surface area (Å²) < 4.78 is 3.11. The summed E-state index contributed by atoms with van der Waals surface area (Å²) in [5.74, 6) is 1.13. The number of nitrogens with one attached hydrogen (secondary N) is 1. The quantitative estimate of drug-likeness (QED) is 0.646. The standard InChI is InChI=1S/C14H16BrN5S/c15-9-5-6-11(10(8-9)13(16)17)21-14-19-18-12-4-2-1-3-7-20(12)14/h5-6,8H,1-4,7H2,(H3,16,17). The van der Waals surface area contributed by atoms with Gasteiger partial charge in [-0.15, -0.1) is 10.2 Å². The van der Waals surface area contributed by atoms with Crippen molar-refractivity contribution >= 4 is 33.5 Å². The second-order valence-electron chi connectivity index (χ2n) is 5.02. The number of fused-ring (bicyclic) bond motifs is 1. The fourth-order valence-electron chi connectivity index (χ4n) is 2.43. The number of rotatable bonds is 3. The molecule has 0 saturated carbocycles. The lowest BCUT2D eigenvalue weighted by atomic mass is 10.2. The lowest BCUT2D eigenvalue weighted by Gasteiger charge is -2.10. The van der Waals surface area contributed by atoms with E-state index in [-0.39, 0.29) is 5.84 Å². The van der Waals surface area contributed by atoms with Crippen LogP contribution in [0, 0.1) is 5.41 Å². The Morgan fingerprint density at radius 3 is 2.95 bits per heavy atom. The molecule has 0 spiro atoms. The number of halogens is 1. The molecule has 7 heteroatoms. The van der Waals surface area contributed by atoms with Crippen molar-refractivity contribution in [3.05, 3.63) is 34.1 Å². The van der Waals surface area contributed by atoms with Crippen molar-refractivity contribution in [3.8, 4) is 0 Å². The number of aromatic nitrogens is 3. The third-order valence-corrected chi connectivity index (χ3v) is 5.06. The smallest absolute Gasteiger partial charge is 0.196 e. The molecule has 3 N–H and O–H groups in total. The number of nitrogens with zero attached hydrogens (tertiary/aromatic N) is 3. The minimum absolute atomic E-state index is 0.0643. The average molecular weight is 366 g/mol. The van der Waals surface area contributed by atoms with Crippen molar-refractivity contribution in [2.75, 3.05) is 0 Å². The normalized spacial score (nSPS) is 14.5. The highest BCUT2D eigenvalue weighted by atomic mass is 79.9. The number of nitrogens with two attached hydrogens (primary N) is 1. The van der Waals surface area contributed by atoms with Crippen molar-refractivity contribution in [2.45, 2.75) is 42.3 Å². The van der Waals surface area contributed by atoms with Crippen LogP contribution in [-0.4, -0.2) is 20.6 Å². The summed E-state index contributed by atoms with van der Waals surface area (Å²) in [5.41, 5.74) is 6.40. The van der Waals surface area contributed by atoms with Gasteiger partial charge >= 0.3 is 0 Å². The lowest BCUT2D eigenvalue weighted by molar-refractivity contribution is 0.591. The maximum absolute atomic E-state index is 7.73. The van der Waals surface area contributed by atoms with Crippen LogP contribution in [0.2, 0.25) is 0 Å². The van der Waals surface area contributed by atoms with Gasteiger partial charge in [-0.1, -0.05) is 22.4 Å². The molecule has 0 radical (unpaired) electrons. The van der Waals surface area contributed by atoms with Gasteiger partial charge in [0.1, 0.15) is 11.7 Å². The number of hydrogen-bond donors (Lipinski definition) is 2. The van der Waals surface area contributed by atoms with Crippen LogP contribution in [-0.2, 0) is 13.0 Å². The Morgan fingerprint density at radius 1 is 1.29 bits per heavy atom. The molecule has 0 atom stereocenters. The maximum atomic E-state index is 7.73. The SMILES string of the molecule is N=C(N)c1cc(Br)ccc1Sc1nnc2n1CCCCC2. The second-order valence-corrected chi connectivity index (χ2v) is 6.94. The summed E-state index contributed by atoms with van der Waals surface area (Å²) in [6, 6.07) is 5.78. The molecular weight excluding hydrogens is 350 g/mol. The first-order valence-corrected chi connectivity index (χ1v) is 8.50. The zero-order chi connectivity index (χ0) is 14.8. The predicted molar refractivity (Wildman–Crippen MR) is 86.9 cm³/mol. The van der Waals surface area contributed by atoms with E-state index in [1.54, 1.807) is 0 Å². The van der Waals surface area contributed by atoms with Crippen molar-refractivity contribution in [3.63, 3.8) is 0 Å². The molecule has 1 aliphatic heterocycles. The Labute approximate surface area is 136 Å². The van der Waals surface area contributed by atoms with Gasteiger partial charge < -0.3 is 10.3 Å². The van der Waals surface area contributed by atoms with E-state index < -0.39 is 0 Å². The van der Waals surface area contributed by atoms with Crippen molar-refractivity contribution in [1.29, 1.82) is 5.41 Å². The fraction of sp³-hybridized carbons (Fsp3) is 0.357. The molecule has 0 aliphatic carbocycles. The fourth-order valence-corrected chi connectivity index (χ4v) is 3.80. The van der Waals surface area contributed by atoms with E-state index in [0.29, 0.717) is 0 Å². The van der Waals surface area contributed by atoms with Crippen molar-refractivity contribution < 1.29 is 0 Å². The summed E-state index contributed by atoms with van der Waals surface area (Å²) in [6.45, 7) is 0.969. The number of amidine groups is 1. The first-order valence-electron chi connectivity index (χ1n) is 6.89. The second kappa shape index (κ2) is 6.19. The van der Waals surface area contributed by atoms with Crippen LogP contribution in [0.5, 0.6) is 0 Å². The summed E-state index contributed by atoms with van der Waals surface area (Å²) in [6.07, 6.45) is 4.58. The molecule has 5 nitrogen and oxygen atoms in total. The molecule has 1 aromatic carbocycles. The van der Waals surface area contributed by atoms with Gasteiger partial charge in [0.05, 0.1) is 0 Å². The molecule has 1 aromatic heterocycles. The zero-order valence-electron chi connectivity index (χ0n) is 11.5. The van der Waals surface area contributed by atoms with Crippen LogP contribution in [0.3, 0.4) is 0 Å². The Kier molecular flexibility index (Phi) is 4.30. The van der Waals surface area contributed by atoms with Crippen LogP contribution in [0.25, 0.3) is 0 Å². The van der Waals surface area contributed by atoms with Gasteiger partial charge in [-0.3, -0.25) is 5.41 Å². The van der Waals surface area contributed by atoms with E-state index in [9.17, 15) is 0 Å².